The SMILES string of the molecule is CNCC1CCCCN(C)C1c1ccc(OC(C)C)cc1. The fourth-order valence-electron chi connectivity index (χ4n) is 3.44. The lowest BCUT2D eigenvalue weighted by Gasteiger charge is -2.33. The lowest BCUT2D eigenvalue weighted by molar-refractivity contribution is 0.190. The molecule has 0 aliphatic carbocycles. The van der Waals surface area contributed by atoms with Gasteiger partial charge in [0.25, 0.3) is 0 Å². The Labute approximate surface area is 129 Å². The minimum atomic E-state index is 0.230. The van der Waals surface area contributed by atoms with Crippen LogP contribution in [0.2, 0.25) is 0 Å². The average molecular weight is 290 g/mol. The molecule has 1 fully saturated rings. The van der Waals surface area contributed by atoms with Crippen molar-refractivity contribution in [3.8, 4) is 5.75 Å². The molecule has 1 saturated heterocycles. The number of benzene rings is 1. The van der Waals surface area contributed by atoms with Gasteiger partial charge in [0.15, 0.2) is 0 Å². The molecule has 2 atom stereocenters. The van der Waals surface area contributed by atoms with Crippen LogP contribution in [0.1, 0.15) is 44.7 Å². The maximum Gasteiger partial charge on any atom is 0.119 e. The Morgan fingerprint density at radius 1 is 1.24 bits per heavy atom. The molecule has 0 radical (unpaired) electrons. The molecule has 2 rings (SSSR count). The number of nitrogens with zero attached hydrogens (tertiary/aromatic N) is 1. The van der Waals surface area contributed by atoms with Gasteiger partial charge >= 0.3 is 0 Å². The first-order valence-electron chi connectivity index (χ1n) is 8.23. The lowest BCUT2D eigenvalue weighted by atomic mass is 9.89. The van der Waals surface area contributed by atoms with Gasteiger partial charge < -0.3 is 10.1 Å². The summed E-state index contributed by atoms with van der Waals surface area (Å²) in [5.41, 5.74) is 1.41. The first-order valence-corrected chi connectivity index (χ1v) is 8.23. The van der Waals surface area contributed by atoms with Crippen LogP contribution in [0.4, 0.5) is 0 Å². The molecule has 3 heteroatoms. The van der Waals surface area contributed by atoms with Crippen molar-refractivity contribution in [2.24, 2.45) is 5.92 Å². The largest absolute Gasteiger partial charge is 0.491 e. The molecule has 0 bridgehead atoms. The van der Waals surface area contributed by atoms with Crippen molar-refractivity contribution in [1.29, 1.82) is 0 Å². The first-order chi connectivity index (χ1) is 10.1. The van der Waals surface area contributed by atoms with Crippen molar-refractivity contribution in [1.82, 2.24) is 10.2 Å². The summed E-state index contributed by atoms with van der Waals surface area (Å²) in [4.78, 5) is 2.52. The zero-order chi connectivity index (χ0) is 15.2. The van der Waals surface area contributed by atoms with Gasteiger partial charge in [-0.2, -0.15) is 0 Å². The van der Waals surface area contributed by atoms with Crippen molar-refractivity contribution in [3.05, 3.63) is 29.8 Å². The van der Waals surface area contributed by atoms with E-state index in [0.29, 0.717) is 12.0 Å². The average Bonchev–Trinajstić information content (AvgIpc) is 2.62. The number of nitrogens with one attached hydrogen (secondary N) is 1. The molecule has 0 aromatic heterocycles. The minimum absolute atomic E-state index is 0.230. The number of rotatable bonds is 5. The van der Waals surface area contributed by atoms with Gasteiger partial charge in [-0.05, 0) is 77.5 Å². The number of likely N-dealkylation sites (tertiary alicyclic amines) is 1. The summed E-state index contributed by atoms with van der Waals surface area (Å²) in [7, 11) is 4.32. The van der Waals surface area contributed by atoms with Crippen LogP contribution in [0.25, 0.3) is 0 Å². The summed E-state index contributed by atoms with van der Waals surface area (Å²) < 4.78 is 5.76. The molecule has 0 amide bonds. The van der Waals surface area contributed by atoms with E-state index in [4.69, 9.17) is 4.74 Å². The molecule has 0 spiro atoms. The smallest absolute Gasteiger partial charge is 0.119 e. The van der Waals surface area contributed by atoms with E-state index < -0.39 is 0 Å². The van der Waals surface area contributed by atoms with Crippen LogP contribution < -0.4 is 10.1 Å². The van der Waals surface area contributed by atoms with Crippen LogP contribution in [0.5, 0.6) is 5.75 Å². The Morgan fingerprint density at radius 3 is 2.57 bits per heavy atom. The van der Waals surface area contributed by atoms with Gasteiger partial charge in [-0.15, -0.1) is 0 Å². The van der Waals surface area contributed by atoms with Crippen LogP contribution in [-0.2, 0) is 0 Å². The third-order valence-corrected chi connectivity index (χ3v) is 4.32. The van der Waals surface area contributed by atoms with Crippen molar-refractivity contribution in [3.63, 3.8) is 0 Å². The van der Waals surface area contributed by atoms with Crippen molar-refractivity contribution >= 4 is 0 Å². The fraction of sp³-hybridized carbons (Fsp3) is 0.667. The van der Waals surface area contributed by atoms with Crippen LogP contribution >= 0.6 is 0 Å². The molecular formula is C18H30N2O. The summed E-state index contributed by atoms with van der Waals surface area (Å²) in [5.74, 6) is 1.65. The van der Waals surface area contributed by atoms with E-state index >= 15 is 0 Å². The molecular weight excluding hydrogens is 260 g/mol. The quantitative estimate of drug-likeness (QED) is 0.898. The van der Waals surface area contributed by atoms with Gasteiger partial charge in [0, 0.05) is 6.04 Å². The van der Waals surface area contributed by atoms with Crippen LogP contribution in [0.3, 0.4) is 0 Å². The normalized spacial score (nSPS) is 24.0. The van der Waals surface area contributed by atoms with E-state index in [2.05, 4.69) is 62.4 Å². The fourth-order valence-corrected chi connectivity index (χ4v) is 3.44. The highest BCUT2D eigenvalue weighted by molar-refractivity contribution is 5.30. The van der Waals surface area contributed by atoms with Gasteiger partial charge in [0.1, 0.15) is 5.75 Å². The van der Waals surface area contributed by atoms with Crippen LogP contribution in [-0.4, -0.2) is 38.2 Å². The highest BCUT2D eigenvalue weighted by Crippen LogP contribution is 2.34. The Morgan fingerprint density at radius 2 is 1.95 bits per heavy atom. The summed E-state index contributed by atoms with van der Waals surface area (Å²) in [6.45, 7) is 6.40. The molecule has 1 aromatic rings. The second-order valence-electron chi connectivity index (χ2n) is 6.47. The van der Waals surface area contributed by atoms with Gasteiger partial charge in [-0.1, -0.05) is 18.6 Å². The van der Waals surface area contributed by atoms with Gasteiger partial charge in [0.05, 0.1) is 6.10 Å². The van der Waals surface area contributed by atoms with Crippen molar-refractivity contribution in [2.75, 3.05) is 27.2 Å². The Kier molecular flexibility index (Phi) is 6.07. The molecule has 1 aliphatic heterocycles. The maximum atomic E-state index is 5.76. The second-order valence-corrected chi connectivity index (χ2v) is 6.47. The van der Waals surface area contributed by atoms with E-state index in [1.807, 2.05) is 0 Å². The third kappa shape index (κ3) is 4.45. The molecule has 0 saturated carbocycles. The summed E-state index contributed by atoms with van der Waals surface area (Å²) in [5, 5.41) is 3.37. The first kappa shape index (κ1) is 16.3. The number of hydrogen-bond acceptors (Lipinski definition) is 3. The Balaban J connectivity index is 2.18. The molecule has 21 heavy (non-hydrogen) atoms. The molecule has 1 N–H and O–H groups in total. The predicted molar refractivity (Wildman–Crippen MR) is 88.8 cm³/mol. The van der Waals surface area contributed by atoms with Gasteiger partial charge in [-0.3, -0.25) is 4.90 Å². The molecule has 1 aromatic carbocycles. The highest BCUT2D eigenvalue weighted by Gasteiger charge is 2.28. The van der Waals surface area contributed by atoms with E-state index in [-0.39, 0.29) is 6.10 Å². The molecule has 1 aliphatic rings. The summed E-state index contributed by atoms with van der Waals surface area (Å²) in [6, 6.07) is 9.22. The lowest BCUT2D eigenvalue weighted by Crippen LogP contribution is -2.33. The zero-order valence-corrected chi connectivity index (χ0v) is 13.9. The topological polar surface area (TPSA) is 24.5 Å². The Hall–Kier alpha value is -1.06. The third-order valence-electron chi connectivity index (χ3n) is 4.32. The minimum Gasteiger partial charge on any atom is -0.491 e. The van der Waals surface area contributed by atoms with Crippen molar-refractivity contribution in [2.45, 2.75) is 45.3 Å². The standard InChI is InChI=1S/C18H30N2O/c1-14(2)21-17-10-8-15(9-11-17)18-16(13-19-3)7-5-6-12-20(18)4/h8-11,14,16,18-19H,5-7,12-13H2,1-4H3. The predicted octanol–water partition coefficient (Wildman–Crippen LogP) is 3.47. The number of ether oxygens (including phenoxy) is 1. The molecule has 1 heterocycles. The molecule has 3 nitrogen and oxygen atoms in total. The van der Waals surface area contributed by atoms with Crippen molar-refractivity contribution < 1.29 is 4.74 Å². The second kappa shape index (κ2) is 7.81. The van der Waals surface area contributed by atoms with E-state index in [1.54, 1.807) is 0 Å². The maximum absolute atomic E-state index is 5.76. The zero-order valence-electron chi connectivity index (χ0n) is 13.9. The monoisotopic (exact) mass is 290 g/mol. The van der Waals surface area contributed by atoms with Crippen LogP contribution in [0, 0.1) is 5.92 Å². The van der Waals surface area contributed by atoms with E-state index in [9.17, 15) is 0 Å². The molecule has 118 valence electrons. The highest BCUT2D eigenvalue weighted by atomic mass is 16.5. The Bertz CT molecular complexity index is 416. The van der Waals surface area contributed by atoms with Gasteiger partial charge in [0.2, 0.25) is 0 Å². The van der Waals surface area contributed by atoms with E-state index in [0.717, 1.165) is 12.3 Å². The van der Waals surface area contributed by atoms with E-state index in [1.165, 1.54) is 31.4 Å². The summed E-state index contributed by atoms with van der Waals surface area (Å²) in [6.07, 6.45) is 4.18. The number of hydrogen-bond donors (Lipinski definition) is 1. The molecule has 2 unspecified atom stereocenters. The van der Waals surface area contributed by atoms with Gasteiger partial charge in [-0.25, -0.2) is 0 Å². The van der Waals surface area contributed by atoms with Crippen LogP contribution in [0.15, 0.2) is 24.3 Å². The summed E-state index contributed by atoms with van der Waals surface area (Å²) >= 11 is 0.